The van der Waals surface area contributed by atoms with Crippen molar-refractivity contribution in [1.29, 1.82) is 0 Å². The monoisotopic (exact) mass is 319 g/mol. The molecule has 0 spiro atoms. The predicted octanol–water partition coefficient (Wildman–Crippen LogP) is 3.31. The number of ether oxygens (including phenoxy) is 1. The lowest BCUT2D eigenvalue weighted by atomic mass is 9.85. The molecular weight excluding hydrogens is 306 g/mol. The Morgan fingerprint density at radius 1 is 0.875 bits per heavy atom. The molecule has 0 fully saturated rings. The van der Waals surface area contributed by atoms with Gasteiger partial charge in [0.1, 0.15) is 5.75 Å². The van der Waals surface area contributed by atoms with Crippen LogP contribution in [0.15, 0.2) is 52.9 Å². The summed E-state index contributed by atoms with van der Waals surface area (Å²) in [6.45, 7) is 0. The Balaban J connectivity index is 1.95. The van der Waals surface area contributed by atoms with E-state index in [4.69, 9.17) is 14.9 Å². The van der Waals surface area contributed by atoms with Crippen LogP contribution in [0.5, 0.6) is 5.75 Å². The van der Waals surface area contributed by atoms with Crippen LogP contribution in [-0.2, 0) is 0 Å². The molecule has 0 bridgehead atoms. The van der Waals surface area contributed by atoms with Gasteiger partial charge in [-0.15, -0.1) is 0 Å². The number of rotatable bonds is 2. The molecule has 2 aromatic carbocycles. The van der Waals surface area contributed by atoms with Crippen molar-refractivity contribution in [2.24, 2.45) is 0 Å². The number of furan rings is 1. The fraction of sp³-hybridized carbons (Fsp3) is 0.0526. The third-order valence-corrected chi connectivity index (χ3v) is 4.16. The Kier molecular flexibility index (Phi) is 3.03. The lowest BCUT2D eigenvalue weighted by molar-refractivity contribution is 0.0961. The van der Waals surface area contributed by atoms with E-state index in [0.29, 0.717) is 28.0 Å². The smallest absolute Gasteiger partial charge is 0.229 e. The number of hydrogen-bond donors (Lipinski definition) is 1. The molecule has 3 aromatic rings. The second-order valence-electron chi connectivity index (χ2n) is 5.48. The number of anilines is 1. The molecule has 5 nitrogen and oxygen atoms in total. The summed E-state index contributed by atoms with van der Waals surface area (Å²) in [5, 5.41) is 0. The number of nitrogen functional groups attached to an aromatic ring is 1. The van der Waals surface area contributed by atoms with Crippen LogP contribution in [0.4, 0.5) is 5.88 Å². The van der Waals surface area contributed by atoms with Gasteiger partial charge >= 0.3 is 0 Å². The molecule has 0 unspecified atom stereocenters. The van der Waals surface area contributed by atoms with Gasteiger partial charge in [-0.05, 0) is 17.7 Å². The van der Waals surface area contributed by atoms with E-state index >= 15 is 0 Å². The van der Waals surface area contributed by atoms with Crippen LogP contribution >= 0.6 is 0 Å². The minimum Gasteiger partial charge on any atom is -0.497 e. The molecule has 0 saturated carbocycles. The zero-order valence-electron chi connectivity index (χ0n) is 12.8. The van der Waals surface area contributed by atoms with E-state index < -0.39 is 0 Å². The second-order valence-corrected chi connectivity index (χ2v) is 5.48. The maximum absolute atomic E-state index is 12.9. The molecule has 0 atom stereocenters. The van der Waals surface area contributed by atoms with E-state index in [9.17, 15) is 9.59 Å². The summed E-state index contributed by atoms with van der Waals surface area (Å²) in [7, 11) is 1.57. The first-order valence-electron chi connectivity index (χ1n) is 7.37. The summed E-state index contributed by atoms with van der Waals surface area (Å²) in [5.74, 6) is 0.155. The number of nitrogens with two attached hydrogens (primary N) is 1. The van der Waals surface area contributed by atoms with Crippen LogP contribution in [-0.4, -0.2) is 18.7 Å². The van der Waals surface area contributed by atoms with Crippen molar-refractivity contribution in [3.05, 3.63) is 71.0 Å². The number of fused-ring (bicyclic) bond motifs is 2. The normalized spacial score (nSPS) is 12.7. The van der Waals surface area contributed by atoms with Crippen molar-refractivity contribution in [3.63, 3.8) is 0 Å². The number of carbonyl (C=O) groups excluding carboxylic acids is 2. The number of methoxy groups -OCH3 is 1. The molecule has 0 saturated heterocycles. The Morgan fingerprint density at radius 3 is 2.12 bits per heavy atom. The fourth-order valence-corrected chi connectivity index (χ4v) is 3.01. The largest absolute Gasteiger partial charge is 0.497 e. The fourth-order valence-electron chi connectivity index (χ4n) is 3.01. The highest BCUT2D eigenvalue weighted by Gasteiger charge is 2.37. The van der Waals surface area contributed by atoms with E-state index in [1.807, 2.05) is 0 Å². The molecule has 5 heteroatoms. The van der Waals surface area contributed by atoms with Gasteiger partial charge in [0.05, 0.1) is 18.2 Å². The molecule has 1 aliphatic rings. The van der Waals surface area contributed by atoms with Gasteiger partial charge in [0.25, 0.3) is 0 Å². The Morgan fingerprint density at radius 2 is 1.50 bits per heavy atom. The van der Waals surface area contributed by atoms with Gasteiger partial charge in [-0.2, -0.15) is 0 Å². The summed E-state index contributed by atoms with van der Waals surface area (Å²) in [6, 6.07) is 13.8. The van der Waals surface area contributed by atoms with Gasteiger partial charge in [0.2, 0.25) is 5.78 Å². The first kappa shape index (κ1) is 14.3. The van der Waals surface area contributed by atoms with Crippen LogP contribution in [0.2, 0.25) is 0 Å². The van der Waals surface area contributed by atoms with Crippen molar-refractivity contribution in [1.82, 2.24) is 0 Å². The highest BCUT2D eigenvalue weighted by atomic mass is 16.5. The molecule has 2 N–H and O–H groups in total. The molecule has 0 aliphatic heterocycles. The summed E-state index contributed by atoms with van der Waals surface area (Å²) < 4.78 is 10.6. The van der Waals surface area contributed by atoms with Gasteiger partial charge in [-0.1, -0.05) is 36.4 Å². The summed E-state index contributed by atoms with van der Waals surface area (Å²) >= 11 is 0. The van der Waals surface area contributed by atoms with Crippen LogP contribution in [0.3, 0.4) is 0 Å². The second kappa shape index (κ2) is 5.09. The average Bonchev–Trinajstić information content (AvgIpc) is 2.97. The average molecular weight is 319 g/mol. The Labute approximate surface area is 137 Å². The zero-order chi connectivity index (χ0) is 16.8. The highest BCUT2D eigenvalue weighted by molar-refractivity contribution is 6.30. The van der Waals surface area contributed by atoms with E-state index in [-0.39, 0.29) is 28.8 Å². The van der Waals surface area contributed by atoms with Crippen LogP contribution in [0.1, 0.15) is 32.0 Å². The summed E-state index contributed by atoms with van der Waals surface area (Å²) in [4.78, 5) is 25.5. The summed E-state index contributed by atoms with van der Waals surface area (Å²) in [6.07, 6.45) is 0. The van der Waals surface area contributed by atoms with E-state index in [1.165, 1.54) is 0 Å². The third-order valence-electron chi connectivity index (χ3n) is 4.16. The minimum atomic E-state index is -0.327. The molecule has 118 valence electrons. The molecule has 0 amide bonds. The van der Waals surface area contributed by atoms with Crippen molar-refractivity contribution < 1.29 is 18.7 Å². The van der Waals surface area contributed by atoms with Gasteiger partial charge in [-0.3, -0.25) is 9.59 Å². The molecule has 1 aromatic heterocycles. The predicted molar refractivity (Wildman–Crippen MR) is 88.4 cm³/mol. The summed E-state index contributed by atoms with van der Waals surface area (Å²) in [5.41, 5.74) is 8.05. The van der Waals surface area contributed by atoms with Crippen LogP contribution in [0, 0.1) is 0 Å². The van der Waals surface area contributed by atoms with Gasteiger partial charge < -0.3 is 14.9 Å². The highest BCUT2D eigenvalue weighted by Crippen LogP contribution is 2.40. The number of carbonyl (C=O) groups is 2. The number of benzene rings is 2. The zero-order valence-corrected chi connectivity index (χ0v) is 12.8. The maximum Gasteiger partial charge on any atom is 0.229 e. The number of ketones is 2. The van der Waals surface area contributed by atoms with E-state index in [0.717, 1.165) is 0 Å². The van der Waals surface area contributed by atoms with E-state index in [2.05, 4.69) is 0 Å². The van der Waals surface area contributed by atoms with Crippen molar-refractivity contribution in [2.45, 2.75) is 0 Å². The third kappa shape index (κ3) is 1.88. The molecule has 1 heterocycles. The number of hydrogen-bond acceptors (Lipinski definition) is 5. The lowest BCUT2D eigenvalue weighted by Crippen LogP contribution is -2.19. The Bertz CT molecular complexity index is 983. The molecule has 1 aliphatic carbocycles. The first-order valence-corrected chi connectivity index (χ1v) is 7.37. The van der Waals surface area contributed by atoms with E-state index in [1.54, 1.807) is 55.6 Å². The molecule has 4 rings (SSSR count). The van der Waals surface area contributed by atoms with Crippen LogP contribution in [0.25, 0.3) is 11.1 Å². The maximum atomic E-state index is 12.9. The SMILES string of the molecule is COc1ccc(-c2c(N)oc3c2C(=O)c2ccccc2C3=O)cc1. The standard InChI is InChI=1S/C19H13NO4/c1-23-11-8-6-10(7-9-11)14-15-16(21)12-4-2-3-5-13(12)17(22)18(15)24-19(14)20/h2-9H,20H2,1H3. The first-order chi connectivity index (χ1) is 11.6. The van der Waals surface area contributed by atoms with Crippen molar-refractivity contribution in [3.8, 4) is 16.9 Å². The quantitative estimate of drug-likeness (QED) is 0.613. The molecule has 24 heavy (non-hydrogen) atoms. The topological polar surface area (TPSA) is 82.5 Å². The van der Waals surface area contributed by atoms with Crippen molar-refractivity contribution >= 4 is 17.5 Å². The molecular formula is C19H13NO4. The molecule has 0 radical (unpaired) electrons. The Hall–Kier alpha value is -3.34. The minimum absolute atomic E-state index is 0.00187. The van der Waals surface area contributed by atoms with Crippen molar-refractivity contribution in [2.75, 3.05) is 12.8 Å². The van der Waals surface area contributed by atoms with Gasteiger partial charge in [-0.25, -0.2) is 0 Å². The van der Waals surface area contributed by atoms with Gasteiger partial charge in [0, 0.05) is 11.1 Å². The van der Waals surface area contributed by atoms with Crippen LogP contribution < -0.4 is 10.5 Å². The van der Waals surface area contributed by atoms with Gasteiger partial charge in [0.15, 0.2) is 17.4 Å². The lowest BCUT2D eigenvalue weighted by Gasteiger charge is -2.13.